The van der Waals surface area contributed by atoms with Gasteiger partial charge in [-0.3, -0.25) is 19.4 Å². The van der Waals surface area contributed by atoms with Gasteiger partial charge in [0.1, 0.15) is 11.6 Å². The molecule has 3 rings (SSSR count). The Morgan fingerprint density at radius 3 is 2.71 bits per heavy atom. The largest absolute Gasteiger partial charge is 0.481 e. The second kappa shape index (κ2) is 9.00. The van der Waals surface area contributed by atoms with Gasteiger partial charge in [0.2, 0.25) is 5.95 Å². The lowest BCUT2D eigenvalue weighted by Crippen LogP contribution is -2.40. The Kier molecular flexibility index (Phi) is 6.39. The SMILES string of the molecule is CC(Cn1ccc2nc(N)[nH]c(=O)c21)c1ccc(C(=O)N[C@@H](CCC(=O)O)C(=O)O)s1. The molecule has 0 saturated heterocycles. The minimum atomic E-state index is -1.29. The standard InChI is InChI=1S/C19H21N5O6S/c1-9(8-24-7-6-10-15(24)17(28)23-19(20)22-10)12-3-4-13(31-12)16(27)21-11(18(29)30)2-5-14(25)26/h3-4,6-7,9,11H,2,5,8H2,1H3,(H,21,27)(H,25,26)(H,29,30)(H3,20,22,23,28)/t9?,11-/m0/s1. The number of rotatable bonds is 9. The molecule has 3 heterocycles. The summed E-state index contributed by atoms with van der Waals surface area (Å²) in [6.07, 6.45) is 1.16. The number of nitrogens with two attached hydrogens (primary N) is 1. The second-order valence-corrected chi connectivity index (χ2v) is 8.17. The van der Waals surface area contributed by atoms with E-state index in [0.29, 0.717) is 22.5 Å². The number of anilines is 1. The van der Waals surface area contributed by atoms with Crippen molar-refractivity contribution >= 4 is 46.2 Å². The van der Waals surface area contributed by atoms with Crippen LogP contribution in [0.3, 0.4) is 0 Å². The molecule has 3 aromatic rings. The summed E-state index contributed by atoms with van der Waals surface area (Å²) >= 11 is 1.20. The number of thiophene rings is 1. The van der Waals surface area contributed by atoms with E-state index < -0.39 is 23.9 Å². The normalized spacial score (nSPS) is 13.1. The number of aromatic amines is 1. The summed E-state index contributed by atoms with van der Waals surface area (Å²) in [6, 6.07) is 3.77. The van der Waals surface area contributed by atoms with Crippen LogP contribution < -0.4 is 16.6 Å². The maximum atomic E-state index is 12.4. The molecule has 0 saturated carbocycles. The maximum absolute atomic E-state index is 12.4. The van der Waals surface area contributed by atoms with Crippen LogP contribution in [0.15, 0.2) is 29.2 Å². The molecule has 0 aliphatic heterocycles. The first-order valence-corrected chi connectivity index (χ1v) is 10.2. The third kappa shape index (κ3) is 5.09. The summed E-state index contributed by atoms with van der Waals surface area (Å²) in [4.78, 5) is 54.3. The molecule has 0 fully saturated rings. The van der Waals surface area contributed by atoms with Crippen LogP contribution in [0.4, 0.5) is 5.95 Å². The molecule has 1 amide bonds. The summed E-state index contributed by atoms with van der Waals surface area (Å²) in [5, 5.41) is 20.3. The molecular formula is C19H21N5O6S. The quantitative estimate of drug-likeness (QED) is 0.324. The summed E-state index contributed by atoms with van der Waals surface area (Å²) in [5.41, 5.74) is 6.11. The van der Waals surface area contributed by atoms with Crippen LogP contribution in [0, 0.1) is 0 Å². The Labute approximate surface area is 179 Å². The van der Waals surface area contributed by atoms with Gasteiger partial charge in [0.25, 0.3) is 11.5 Å². The van der Waals surface area contributed by atoms with Crippen LogP contribution in [0.2, 0.25) is 0 Å². The highest BCUT2D eigenvalue weighted by Crippen LogP contribution is 2.27. The number of nitrogen functional groups attached to an aromatic ring is 1. The molecule has 6 N–H and O–H groups in total. The van der Waals surface area contributed by atoms with Gasteiger partial charge in [-0.15, -0.1) is 11.3 Å². The Bertz CT molecular complexity index is 1200. The number of H-pyrrole nitrogens is 1. The van der Waals surface area contributed by atoms with Gasteiger partial charge >= 0.3 is 11.9 Å². The predicted octanol–water partition coefficient (Wildman–Crippen LogP) is 1.22. The fourth-order valence-corrected chi connectivity index (χ4v) is 4.12. The number of hydrogen-bond donors (Lipinski definition) is 5. The van der Waals surface area contributed by atoms with E-state index in [0.717, 1.165) is 4.88 Å². The number of amides is 1. The Morgan fingerprint density at radius 1 is 1.29 bits per heavy atom. The first-order valence-electron chi connectivity index (χ1n) is 9.35. The summed E-state index contributed by atoms with van der Waals surface area (Å²) in [6.45, 7) is 2.39. The van der Waals surface area contributed by atoms with E-state index in [2.05, 4.69) is 15.3 Å². The zero-order valence-electron chi connectivity index (χ0n) is 16.5. The van der Waals surface area contributed by atoms with Crippen molar-refractivity contribution in [1.82, 2.24) is 19.9 Å². The van der Waals surface area contributed by atoms with Crippen LogP contribution in [-0.2, 0) is 16.1 Å². The number of aliphatic carboxylic acids is 2. The van der Waals surface area contributed by atoms with E-state index in [1.807, 2.05) is 6.92 Å². The van der Waals surface area contributed by atoms with Crippen molar-refractivity contribution < 1.29 is 24.6 Å². The molecular weight excluding hydrogens is 426 g/mol. The minimum absolute atomic E-state index is 0.0419. The molecule has 3 aromatic heterocycles. The van der Waals surface area contributed by atoms with Crippen molar-refractivity contribution in [3.8, 4) is 0 Å². The van der Waals surface area contributed by atoms with E-state index in [1.54, 1.807) is 29.0 Å². The van der Waals surface area contributed by atoms with Gasteiger partial charge in [0.05, 0.1) is 10.4 Å². The summed E-state index contributed by atoms with van der Waals surface area (Å²) in [5.74, 6) is -3.02. The van der Waals surface area contributed by atoms with Crippen LogP contribution in [0.5, 0.6) is 0 Å². The zero-order valence-corrected chi connectivity index (χ0v) is 17.3. The van der Waals surface area contributed by atoms with Gasteiger partial charge in [-0.1, -0.05) is 6.92 Å². The first kappa shape index (κ1) is 22.0. The van der Waals surface area contributed by atoms with Gasteiger partial charge in [-0.05, 0) is 24.6 Å². The van der Waals surface area contributed by atoms with Crippen LogP contribution in [0.25, 0.3) is 11.0 Å². The predicted molar refractivity (Wildman–Crippen MR) is 113 cm³/mol. The highest BCUT2D eigenvalue weighted by molar-refractivity contribution is 7.14. The molecule has 0 aromatic carbocycles. The number of carboxylic acid groups (broad SMARTS) is 2. The molecule has 164 valence electrons. The lowest BCUT2D eigenvalue weighted by atomic mass is 10.1. The number of hydrogen-bond acceptors (Lipinski definition) is 7. The number of carbonyl (C=O) groups excluding carboxylic acids is 1. The number of carboxylic acids is 2. The number of nitrogens with zero attached hydrogens (tertiary/aromatic N) is 2. The van der Waals surface area contributed by atoms with Crippen molar-refractivity contribution in [3.05, 3.63) is 44.5 Å². The fourth-order valence-electron chi connectivity index (χ4n) is 3.16. The Balaban J connectivity index is 1.71. The smallest absolute Gasteiger partial charge is 0.326 e. The van der Waals surface area contributed by atoms with Gasteiger partial charge in [0, 0.05) is 30.0 Å². The fraction of sp³-hybridized carbons (Fsp3) is 0.316. The maximum Gasteiger partial charge on any atom is 0.326 e. The van der Waals surface area contributed by atoms with Crippen molar-refractivity contribution in [3.63, 3.8) is 0 Å². The first-order chi connectivity index (χ1) is 14.7. The van der Waals surface area contributed by atoms with Crippen molar-refractivity contribution in [2.75, 3.05) is 5.73 Å². The number of fused-ring (bicyclic) bond motifs is 1. The van der Waals surface area contributed by atoms with Crippen molar-refractivity contribution in [2.45, 2.75) is 38.3 Å². The Hall–Kier alpha value is -3.67. The van der Waals surface area contributed by atoms with Crippen molar-refractivity contribution in [2.24, 2.45) is 0 Å². The number of aromatic nitrogens is 3. The molecule has 0 spiro atoms. The lowest BCUT2D eigenvalue weighted by molar-refractivity contribution is -0.140. The van der Waals surface area contributed by atoms with Crippen LogP contribution >= 0.6 is 11.3 Å². The number of nitrogens with one attached hydrogen (secondary N) is 2. The molecule has 0 aliphatic carbocycles. The average Bonchev–Trinajstić information content (AvgIpc) is 3.32. The lowest BCUT2D eigenvalue weighted by Gasteiger charge is -2.13. The molecule has 12 heteroatoms. The summed E-state index contributed by atoms with van der Waals surface area (Å²) in [7, 11) is 0. The molecule has 0 aliphatic rings. The third-order valence-corrected chi connectivity index (χ3v) is 6.01. The van der Waals surface area contributed by atoms with Crippen LogP contribution in [0.1, 0.15) is 40.2 Å². The highest BCUT2D eigenvalue weighted by atomic mass is 32.1. The molecule has 0 radical (unpaired) electrons. The van der Waals surface area contributed by atoms with Crippen molar-refractivity contribution in [1.29, 1.82) is 0 Å². The van der Waals surface area contributed by atoms with Gasteiger partial charge in [-0.2, -0.15) is 0 Å². The Morgan fingerprint density at radius 2 is 2.03 bits per heavy atom. The highest BCUT2D eigenvalue weighted by Gasteiger charge is 2.23. The molecule has 11 nitrogen and oxygen atoms in total. The minimum Gasteiger partial charge on any atom is -0.481 e. The number of carbonyl (C=O) groups is 3. The van der Waals surface area contributed by atoms with Gasteiger partial charge < -0.3 is 25.8 Å². The van der Waals surface area contributed by atoms with E-state index in [-0.39, 0.29) is 30.3 Å². The summed E-state index contributed by atoms with van der Waals surface area (Å²) < 4.78 is 1.76. The third-order valence-electron chi connectivity index (χ3n) is 4.70. The monoisotopic (exact) mass is 447 g/mol. The molecule has 31 heavy (non-hydrogen) atoms. The topological polar surface area (TPSA) is 180 Å². The van der Waals surface area contributed by atoms with Gasteiger partial charge in [-0.25, -0.2) is 9.78 Å². The zero-order chi connectivity index (χ0) is 22.7. The molecule has 0 bridgehead atoms. The van der Waals surface area contributed by atoms with E-state index >= 15 is 0 Å². The molecule has 2 atom stereocenters. The van der Waals surface area contributed by atoms with Crippen LogP contribution in [-0.4, -0.2) is 48.6 Å². The van der Waals surface area contributed by atoms with Gasteiger partial charge in [0.15, 0.2) is 0 Å². The second-order valence-electron chi connectivity index (χ2n) is 7.05. The van der Waals surface area contributed by atoms with E-state index in [9.17, 15) is 24.3 Å². The average molecular weight is 447 g/mol. The van der Waals surface area contributed by atoms with E-state index in [1.165, 1.54) is 11.3 Å². The molecule has 1 unspecified atom stereocenters. The van der Waals surface area contributed by atoms with E-state index in [4.69, 9.17) is 10.8 Å².